The monoisotopic (exact) mass is 423 g/mol. The zero-order valence-electron chi connectivity index (χ0n) is 17.1. The molecular weight excluding hydrogens is 401 g/mol. The van der Waals surface area contributed by atoms with Gasteiger partial charge in [-0.1, -0.05) is 6.07 Å². The van der Waals surface area contributed by atoms with E-state index in [1.807, 2.05) is 4.90 Å². The predicted octanol–water partition coefficient (Wildman–Crippen LogP) is 2.79. The molecule has 1 fully saturated rings. The fraction of sp³-hybridized carbons (Fsp3) is 0.261. The van der Waals surface area contributed by atoms with E-state index in [2.05, 4.69) is 0 Å². The van der Waals surface area contributed by atoms with Crippen molar-refractivity contribution in [3.63, 3.8) is 0 Å². The lowest BCUT2D eigenvalue weighted by molar-refractivity contribution is 0.0712. The fourth-order valence-electron chi connectivity index (χ4n) is 3.63. The Bertz CT molecular complexity index is 1180. The number of furan rings is 1. The van der Waals surface area contributed by atoms with Gasteiger partial charge in [0, 0.05) is 44.0 Å². The Labute approximate surface area is 178 Å². The minimum absolute atomic E-state index is 0.147. The van der Waals surface area contributed by atoms with Crippen molar-refractivity contribution in [2.75, 3.05) is 31.1 Å². The van der Waals surface area contributed by atoms with Gasteiger partial charge in [-0.05, 0) is 43.3 Å². The lowest BCUT2D eigenvalue weighted by Gasteiger charge is -2.35. The zero-order chi connectivity index (χ0) is 22.0. The number of benzene rings is 1. The summed E-state index contributed by atoms with van der Waals surface area (Å²) in [5.74, 6) is -0.138. The second kappa shape index (κ2) is 8.59. The molecule has 0 atom stereocenters. The van der Waals surface area contributed by atoms with Crippen molar-refractivity contribution >= 4 is 17.4 Å². The van der Waals surface area contributed by atoms with E-state index >= 15 is 0 Å². The third-order valence-corrected chi connectivity index (χ3v) is 5.36. The SMILES string of the molecule is CC(=O)c1ccc(N2CCN(C(=O)c3ccc(Cn4ccccc4=O)o3)CC2)c(F)c1. The highest BCUT2D eigenvalue weighted by atomic mass is 19.1. The summed E-state index contributed by atoms with van der Waals surface area (Å²) in [6.45, 7) is 3.42. The number of anilines is 1. The summed E-state index contributed by atoms with van der Waals surface area (Å²) < 4.78 is 21.6. The summed E-state index contributed by atoms with van der Waals surface area (Å²) >= 11 is 0. The van der Waals surface area contributed by atoms with E-state index in [0.29, 0.717) is 43.2 Å². The molecule has 0 N–H and O–H groups in total. The number of carbonyl (C=O) groups excluding carboxylic acids is 2. The molecule has 3 heterocycles. The zero-order valence-corrected chi connectivity index (χ0v) is 17.1. The molecule has 0 spiro atoms. The Kier molecular flexibility index (Phi) is 5.70. The minimum atomic E-state index is -0.445. The number of piperazine rings is 1. The standard InChI is InChI=1S/C23H22FN3O4/c1-16(28)17-5-7-20(19(24)14-17)25-10-12-26(13-11-25)23(30)21-8-6-18(31-21)15-27-9-3-2-4-22(27)29/h2-9,14H,10-13,15H2,1H3. The molecule has 0 unspecified atom stereocenters. The van der Waals surface area contributed by atoms with Gasteiger partial charge in [0.25, 0.3) is 11.5 Å². The maximum atomic E-state index is 14.4. The lowest BCUT2D eigenvalue weighted by atomic mass is 10.1. The number of carbonyl (C=O) groups is 2. The van der Waals surface area contributed by atoms with Crippen molar-refractivity contribution in [3.8, 4) is 0 Å². The van der Waals surface area contributed by atoms with E-state index in [0.717, 1.165) is 0 Å². The Morgan fingerprint density at radius 2 is 1.81 bits per heavy atom. The first kappa shape index (κ1) is 20.6. The van der Waals surface area contributed by atoms with Crippen LogP contribution in [0.2, 0.25) is 0 Å². The Morgan fingerprint density at radius 1 is 1.03 bits per heavy atom. The summed E-state index contributed by atoms with van der Waals surface area (Å²) in [7, 11) is 0. The molecule has 1 saturated heterocycles. The molecule has 0 radical (unpaired) electrons. The van der Waals surface area contributed by atoms with Gasteiger partial charge in [-0.3, -0.25) is 14.4 Å². The van der Waals surface area contributed by atoms with Gasteiger partial charge in [0.2, 0.25) is 0 Å². The molecule has 8 heteroatoms. The molecule has 2 aromatic heterocycles. The summed E-state index contributed by atoms with van der Waals surface area (Å²) in [6, 6.07) is 12.6. The van der Waals surface area contributed by atoms with Crippen molar-refractivity contribution in [1.82, 2.24) is 9.47 Å². The van der Waals surface area contributed by atoms with Crippen molar-refractivity contribution in [2.45, 2.75) is 13.5 Å². The summed E-state index contributed by atoms with van der Waals surface area (Å²) in [5, 5.41) is 0. The summed E-state index contributed by atoms with van der Waals surface area (Å²) in [4.78, 5) is 39.6. The minimum Gasteiger partial charge on any atom is -0.454 e. The molecule has 1 aliphatic rings. The number of pyridine rings is 1. The third-order valence-electron chi connectivity index (χ3n) is 5.36. The highest BCUT2D eigenvalue weighted by Crippen LogP contribution is 2.23. The van der Waals surface area contributed by atoms with Gasteiger partial charge in [0.1, 0.15) is 11.6 Å². The van der Waals surface area contributed by atoms with E-state index in [1.165, 1.54) is 23.6 Å². The quantitative estimate of drug-likeness (QED) is 0.590. The van der Waals surface area contributed by atoms with Crippen LogP contribution >= 0.6 is 0 Å². The Hall–Kier alpha value is -3.68. The second-order valence-electron chi connectivity index (χ2n) is 7.43. The van der Waals surface area contributed by atoms with Gasteiger partial charge in [-0.25, -0.2) is 4.39 Å². The van der Waals surface area contributed by atoms with E-state index in [9.17, 15) is 18.8 Å². The Morgan fingerprint density at radius 3 is 2.48 bits per heavy atom. The maximum absolute atomic E-state index is 14.4. The highest BCUT2D eigenvalue weighted by Gasteiger charge is 2.25. The van der Waals surface area contributed by atoms with Crippen LogP contribution in [0.15, 0.2) is 63.9 Å². The number of nitrogens with zero attached hydrogens (tertiary/aromatic N) is 3. The molecule has 0 aliphatic carbocycles. The largest absolute Gasteiger partial charge is 0.454 e. The van der Waals surface area contributed by atoms with Crippen LogP contribution in [0.1, 0.15) is 33.6 Å². The smallest absolute Gasteiger partial charge is 0.289 e. The molecule has 1 aromatic carbocycles. The number of amides is 1. The fourth-order valence-corrected chi connectivity index (χ4v) is 3.63. The van der Waals surface area contributed by atoms with Crippen LogP contribution < -0.4 is 10.5 Å². The summed E-state index contributed by atoms with van der Waals surface area (Å²) in [5.41, 5.74) is 0.610. The molecule has 31 heavy (non-hydrogen) atoms. The highest BCUT2D eigenvalue weighted by molar-refractivity contribution is 5.94. The number of hydrogen-bond donors (Lipinski definition) is 0. The molecular formula is C23H22FN3O4. The number of aromatic nitrogens is 1. The van der Waals surface area contributed by atoms with Gasteiger partial charge in [-0.15, -0.1) is 0 Å². The first-order chi connectivity index (χ1) is 14.9. The molecule has 7 nitrogen and oxygen atoms in total. The van der Waals surface area contributed by atoms with Crippen LogP contribution in [0.3, 0.4) is 0 Å². The normalized spacial score (nSPS) is 14.0. The number of Topliss-reactive ketones (excluding diaryl/α,β-unsaturated/α-hetero) is 1. The molecule has 0 bridgehead atoms. The van der Waals surface area contributed by atoms with Gasteiger partial charge < -0.3 is 18.8 Å². The van der Waals surface area contributed by atoms with E-state index in [-0.39, 0.29) is 29.6 Å². The number of halogens is 1. The van der Waals surface area contributed by atoms with E-state index < -0.39 is 5.82 Å². The maximum Gasteiger partial charge on any atom is 0.289 e. The van der Waals surface area contributed by atoms with Crippen LogP contribution in [0.25, 0.3) is 0 Å². The molecule has 0 saturated carbocycles. The first-order valence-corrected chi connectivity index (χ1v) is 10.0. The van der Waals surface area contributed by atoms with Gasteiger partial charge >= 0.3 is 0 Å². The molecule has 1 aliphatic heterocycles. The molecule has 4 rings (SSSR count). The predicted molar refractivity (Wildman–Crippen MR) is 113 cm³/mol. The van der Waals surface area contributed by atoms with Crippen molar-refractivity contribution in [2.24, 2.45) is 0 Å². The van der Waals surface area contributed by atoms with E-state index in [4.69, 9.17) is 4.42 Å². The van der Waals surface area contributed by atoms with E-state index in [1.54, 1.807) is 47.5 Å². The number of rotatable bonds is 5. The van der Waals surface area contributed by atoms with Gasteiger partial charge in [0.15, 0.2) is 11.5 Å². The van der Waals surface area contributed by atoms with Crippen LogP contribution in [0.5, 0.6) is 0 Å². The number of ketones is 1. The van der Waals surface area contributed by atoms with Gasteiger partial charge in [-0.2, -0.15) is 0 Å². The third kappa shape index (κ3) is 4.42. The van der Waals surface area contributed by atoms with Crippen LogP contribution in [0.4, 0.5) is 10.1 Å². The molecule has 160 valence electrons. The first-order valence-electron chi connectivity index (χ1n) is 10.0. The second-order valence-corrected chi connectivity index (χ2v) is 7.43. The summed E-state index contributed by atoms with van der Waals surface area (Å²) in [6.07, 6.45) is 1.66. The van der Waals surface area contributed by atoms with Crippen molar-refractivity contribution in [1.29, 1.82) is 0 Å². The van der Waals surface area contributed by atoms with Crippen LogP contribution in [-0.2, 0) is 6.54 Å². The number of hydrogen-bond acceptors (Lipinski definition) is 5. The lowest BCUT2D eigenvalue weighted by Crippen LogP contribution is -2.49. The average molecular weight is 423 g/mol. The van der Waals surface area contributed by atoms with Crippen molar-refractivity contribution in [3.05, 3.63) is 88.0 Å². The Balaban J connectivity index is 1.39. The molecule has 3 aromatic rings. The topological polar surface area (TPSA) is 75.8 Å². The van der Waals surface area contributed by atoms with Crippen LogP contribution in [-0.4, -0.2) is 47.3 Å². The van der Waals surface area contributed by atoms with Crippen LogP contribution in [0, 0.1) is 5.82 Å². The van der Waals surface area contributed by atoms with Crippen molar-refractivity contribution < 1.29 is 18.4 Å². The molecule has 1 amide bonds. The van der Waals surface area contributed by atoms with Gasteiger partial charge in [0.05, 0.1) is 12.2 Å². The average Bonchev–Trinajstić information content (AvgIpc) is 3.23.